The maximum atomic E-state index is 12.5. The number of hydrogen-bond donors (Lipinski definition) is 2. The van der Waals surface area contributed by atoms with Crippen LogP contribution in [-0.2, 0) is 22.2 Å². The third kappa shape index (κ3) is 6.32. The van der Waals surface area contributed by atoms with Crippen LogP contribution in [0.4, 0.5) is 18.9 Å². The number of carbonyl (C=O) groups excluding carboxylic acids is 1. The molecular weight excluding hydrogens is 363 g/mol. The highest BCUT2D eigenvalue weighted by molar-refractivity contribution is 5.92. The Bertz CT molecular complexity index is 786. The monoisotopic (exact) mass is 381 g/mol. The first kappa shape index (κ1) is 20.3. The number of benzene rings is 2. The number of hydrogen-bond acceptors (Lipinski definition) is 3. The molecule has 0 spiro atoms. The van der Waals surface area contributed by atoms with Gasteiger partial charge >= 0.3 is 12.1 Å². The quantitative estimate of drug-likeness (QED) is 0.761. The summed E-state index contributed by atoms with van der Waals surface area (Å²) in [7, 11) is 0. The van der Waals surface area contributed by atoms with Crippen LogP contribution in [0.5, 0.6) is 5.75 Å². The molecule has 0 heterocycles. The lowest BCUT2D eigenvalue weighted by Gasteiger charge is -2.10. The lowest BCUT2D eigenvalue weighted by Crippen LogP contribution is -2.18. The highest BCUT2D eigenvalue weighted by Crippen LogP contribution is 2.29. The first-order valence-electron chi connectivity index (χ1n) is 8.07. The minimum atomic E-state index is -4.42. The van der Waals surface area contributed by atoms with Crippen LogP contribution >= 0.6 is 0 Å². The van der Waals surface area contributed by atoms with Gasteiger partial charge < -0.3 is 15.2 Å². The average molecular weight is 381 g/mol. The molecule has 0 aromatic heterocycles. The third-order valence-electron chi connectivity index (χ3n) is 3.71. The summed E-state index contributed by atoms with van der Waals surface area (Å²) in [6.45, 7) is 1.56. The summed E-state index contributed by atoms with van der Waals surface area (Å²) in [5.74, 6) is -1.48. The molecule has 0 aliphatic heterocycles. The van der Waals surface area contributed by atoms with Crippen molar-refractivity contribution in [3.05, 3.63) is 59.7 Å². The van der Waals surface area contributed by atoms with Crippen molar-refractivity contribution in [1.82, 2.24) is 0 Å². The molecule has 2 N–H and O–H groups in total. The molecule has 1 amide bonds. The second kappa shape index (κ2) is 8.57. The van der Waals surface area contributed by atoms with Crippen LogP contribution in [0.25, 0.3) is 0 Å². The molecule has 2 aromatic carbocycles. The summed E-state index contributed by atoms with van der Waals surface area (Å²) in [6.07, 6.45) is -4.39. The van der Waals surface area contributed by atoms with Gasteiger partial charge in [-0.1, -0.05) is 12.1 Å². The van der Waals surface area contributed by atoms with Crippen LogP contribution in [0.2, 0.25) is 0 Å². The fraction of sp³-hybridized carbons (Fsp3) is 0.263. The Morgan fingerprint density at radius 2 is 1.67 bits per heavy atom. The maximum absolute atomic E-state index is 12.5. The minimum Gasteiger partial charge on any atom is -0.493 e. The Morgan fingerprint density at radius 1 is 1.07 bits per heavy atom. The van der Waals surface area contributed by atoms with E-state index in [1.165, 1.54) is 19.1 Å². The van der Waals surface area contributed by atoms with Gasteiger partial charge in [0.1, 0.15) is 12.4 Å². The van der Waals surface area contributed by atoms with Gasteiger partial charge in [-0.15, -0.1) is 0 Å². The number of rotatable bonds is 7. The molecule has 1 unspecified atom stereocenters. The third-order valence-corrected chi connectivity index (χ3v) is 3.71. The van der Waals surface area contributed by atoms with Crippen LogP contribution in [0.15, 0.2) is 48.5 Å². The van der Waals surface area contributed by atoms with E-state index in [2.05, 4.69) is 5.32 Å². The van der Waals surface area contributed by atoms with Crippen molar-refractivity contribution in [3.63, 3.8) is 0 Å². The van der Waals surface area contributed by atoms with Gasteiger partial charge in [0.2, 0.25) is 5.91 Å². The van der Waals surface area contributed by atoms with Crippen LogP contribution in [0.3, 0.4) is 0 Å². The zero-order chi connectivity index (χ0) is 20.0. The molecule has 0 aliphatic rings. The second-order valence-electron chi connectivity index (χ2n) is 5.99. The molecule has 0 aliphatic carbocycles. The standard InChI is InChI=1S/C19H18F3NO4/c1-12(18(25)26)11-27-16-8-2-13(3-9-16)10-17(24)23-15-6-4-14(5-7-15)19(20,21)22/h2-9,12H,10-11H2,1H3,(H,23,24)(H,25,26). The van der Waals surface area contributed by atoms with E-state index in [1.54, 1.807) is 24.3 Å². The SMILES string of the molecule is CC(COc1ccc(CC(=O)Nc2ccc(C(F)(F)F)cc2)cc1)C(=O)O. The van der Waals surface area contributed by atoms with Crippen molar-refractivity contribution >= 4 is 17.6 Å². The van der Waals surface area contributed by atoms with E-state index in [4.69, 9.17) is 9.84 Å². The fourth-order valence-corrected chi connectivity index (χ4v) is 2.13. The first-order chi connectivity index (χ1) is 12.6. The van der Waals surface area contributed by atoms with E-state index in [-0.39, 0.29) is 24.6 Å². The van der Waals surface area contributed by atoms with Crippen molar-refractivity contribution in [1.29, 1.82) is 0 Å². The van der Waals surface area contributed by atoms with E-state index in [9.17, 15) is 22.8 Å². The summed E-state index contributed by atoms with van der Waals surface area (Å²) in [5, 5.41) is 11.3. The molecule has 0 radical (unpaired) electrons. The second-order valence-corrected chi connectivity index (χ2v) is 5.99. The number of ether oxygens (including phenoxy) is 1. The van der Waals surface area contributed by atoms with Gasteiger partial charge in [-0.25, -0.2) is 0 Å². The Labute approximate surface area is 153 Å². The van der Waals surface area contributed by atoms with E-state index < -0.39 is 23.6 Å². The van der Waals surface area contributed by atoms with Crippen LogP contribution in [0, 0.1) is 5.92 Å². The Morgan fingerprint density at radius 3 is 2.19 bits per heavy atom. The number of amides is 1. The molecule has 0 bridgehead atoms. The highest BCUT2D eigenvalue weighted by atomic mass is 19.4. The summed E-state index contributed by atoms with van der Waals surface area (Å²) in [5.41, 5.74) is 0.168. The molecule has 5 nitrogen and oxygen atoms in total. The largest absolute Gasteiger partial charge is 0.493 e. The Kier molecular flexibility index (Phi) is 6.44. The molecule has 1 atom stereocenters. The smallest absolute Gasteiger partial charge is 0.416 e. The lowest BCUT2D eigenvalue weighted by molar-refractivity contribution is -0.142. The van der Waals surface area contributed by atoms with Crippen LogP contribution in [0.1, 0.15) is 18.1 Å². The van der Waals surface area contributed by atoms with Gasteiger partial charge in [-0.2, -0.15) is 13.2 Å². The van der Waals surface area contributed by atoms with E-state index in [1.807, 2.05) is 0 Å². The molecule has 2 aromatic rings. The van der Waals surface area contributed by atoms with Crippen molar-refractivity contribution in [2.45, 2.75) is 19.5 Å². The predicted molar refractivity (Wildman–Crippen MR) is 92.5 cm³/mol. The van der Waals surface area contributed by atoms with Gasteiger partial charge in [0, 0.05) is 5.69 Å². The highest BCUT2D eigenvalue weighted by Gasteiger charge is 2.29. The van der Waals surface area contributed by atoms with E-state index in [0.717, 1.165) is 12.1 Å². The molecule has 27 heavy (non-hydrogen) atoms. The minimum absolute atomic E-state index is 0.0308. The van der Waals surface area contributed by atoms with Crippen molar-refractivity contribution in [2.24, 2.45) is 5.92 Å². The number of carboxylic acid groups (broad SMARTS) is 1. The van der Waals surface area contributed by atoms with E-state index >= 15 is 0 Å². The van der Waals surface area contributed by atoms with Crippen molar-refractivity contribution in [3.8, 4) is 5.75 Å². The number of nitrogens with one attached hydrogen (secondary N) is 1. The lowest BCUT2D eigenvalue weighted by atomic mass is 10.1. The topological polar surface area (TPSA) is 75.6 Å². The molecule has 8 heteroatoms. The normalized spacial score (nSPS) is 12.3. The van der Waals surface area contributed by atoms with Gasteiger partial charge in [-0.05, 0) is 48.9 Å². The molecular formula is C19H18F3NO4. The molecule has 144 valence electrons. The maximum Gasteiger partial charge on any atom is 0.416 e. The zero-order valence-electron chi connectivity index (χ0n) is 14.4. The number of aliphatic carboxylic acids is 1. The van der Waals surface area contributed by atoms with E-state index in [0.29, 0.717) is 11.3 Å². The van der Waals surface area contributed by atoms with Gasteiger partial charge in [0.05, 0.1) is 17.9 Å². The van der Waals surface area contributed by atoms with Gasteiger partial charge in [0.15, 0.2) is 0 Å². The number of alkyl halides is 3. The Balaban J connectivity index is 1.87. The molecule has 0 saturated heterocycles. The van der Waals surface area contributed by atoms with Crippen LogP contribution < -0.4 is 10.1 Å². The van der Waals surface area contributed by atoms with Crippen molar-refractivity contribution < 1.29 is 32.6 Å². The molecule has 0 saturated carbocycles. The number of anilines is 1. The summed E-state index contributed by atoms with van der Waals surface area (Å²) < 4.78 is 42.9. The predicted octanol–water partition coefficient (Wildman–Crippen LogP) is 3.99. The zero-order valence-corrected chi connectivity index (χ0v) is 14.4. The first-order valence-corrected chi connectivity index (χ1v) is 8.07. The average Bonchev–Trinajstić information content (AvgIpc) is 2.60. The summed E-state index contributed by atoms with van der Waals surface area (Å²) in [4.78, 5) is 22.7. The number of carboxylic acids is 1. The molecule has 2 rings (SSSR count). The van der Waals surface area contributed by atoms with Crippen LogP contribution in [-0.4, -0.2) is 23.6 Å². The fourth-order valence-electron chi connectivity index (χ4n) is 2.13. The van der Waals surface area contributed by atoms with Gasteiger partial charge in [-0.3, -0.25) is 9.59 Å². The number of halogens is 3. The Hall–Kier alpha value is -3.03. The number of carbonyl (C=O) groups is 2. The summed E-state index contributed by atoms with van der Waals surface area (Å²) >= 11 is 0. The molecule has 0 fully saturated rings. The van der Waals surface area contributed by atoms with Crippen molar-refractivity contribution in [2.75, 3.05) is 11.9 Å². The summed E-state index contributed by atoms with van der Waals surface area (Å²) in [6, 6.07) is 10.8. The van der Waals surface area contributed by atoms with Gasteiger partial charge in [0.25, 0.3) is 0 Å².